The van der Waals surface area contributed by atoms with E-state index in [1.807, 2.05) is 92.9 Å². The molecule has 0 radical (unpaired) electrons. The summed E-state index contributed by atoms with van der Waals surface area (Å²) >= 11 is 1.51. The summed E-state index contributed by atoms with van der Waals surface area (Å²) in [6, 6.07) is 20.3. The van der Waals surface area contributed by atoms with Crippen molar-refractivity contribution < 1.29 is 24.2 Å². The molecule has 11 nitrogen and oxygen atoms in total. The number of nitrogens with one attached hydrogen (secondary N) is 3. The lowest BCUT2D eigenvalue weighted by Crippen LogP contribution is -2.57. The van der Waals surface area contributed by atoms with E-state index in [9.17, 15) is 19.5 Å². The molecule has 0 aliphatic carbocycles. The summed E-state index contributed by atoms with van der Waals surface area (Å²) in [5, 5.41) is 23.4. The third kappa shape index (κ3) is 12.3. The number of aryl methyl sites for hydroxylation is 1. The van der Waals surface area contributed by atoms with E-state index in [0.717, 1.165) is 27.4 Å². The predicted molar refractivity (Wildman–Crippen MR) is 190 cm³/mol. The molecule has 0 spiro atoms. The number of ether oxygens (including phenoxy) is 1. The van der Waals surface area contributed by atoms with Gasteiger partial charge in [-0.15, -0.1) is 11.3 Å². The van der Waals surface area contributed by atoms with Gasteiger partial charge >= 0.3 is 12.1 Å². The van der Waals surface area contributed by atoms with E-state index in [1.165, 1.54) is 16.2 Å². The van der Waals surface area contributed by atoms with Crippen molar-refractivity contribution in [3.05, 3.63) is 118 Å². The summed E-state index contributed by atoms with van der Waals surface area (Å²) in [6.45, 7) is 5.97. The summed E-state index contributed by atoms with van der Waals surface area (Å²) < 4.78 is 5.46. The highest BCUT2D eigenvalue weighted by molar-refractivity contribution is 7.09. The summed E-state index contributed by atoms with van der Waals surface area (Å²) in [4.78, 5) is 49.9. The van der Waals surface area contributed by atoms with Gasteiger partial charge in [0.05, 0.1) is 29.4 Å². The zero-order valence-corrected chi connectivity index (χ0v) is 29.2. The van der Waals surface area contributed by atoms with Crippen LogP contribution in [-0.4, -0.2) is 69.3 Å². The molecule has 4 aromatic rings. The van der Waals surface area contributed by atoms with Crippen LogP contribution in [0.25, 0.3) is 0 Å². The smallest absolute Gasteiger partial charge is 0.407 e. The first-order valence-corrected chi connectivity index (χ1v) is 17.3. The molecule has 0 aliphatic rings. The molecule has 2 aromatic carbocycles. The molecule has 4 atom stereocenters. The first kappa shape index (κ1) is 37.0. The van der Waals surface area contributed by atoms with Crippen LogP contribution in [-0.2, 0) is 35.5 Å². The van der Waals surface area contributed by atoms with E-state index in [-0.39, 0.29) is 18.9 Å². The number of aliphatic hydroxyl groups is 1. The Hall–Kier alpha value is -4.81. The van der Waals surface area contributed by atoms with Gasteiger partial charge in [0, 0.05) is 36.4 Å². The number of alkyl carbamates (subject to hydrolysis) is 1. The summed E-state index contributed by atoms with van der Waals surface area (Å²) in [6.07, 6.45) is 2.48. The Morgan fingerprint density at radius 1 is 0.898 bits per heavy atom. The Bertz CT molecular complexity index is 1610. The van der Waals surface area contributed by atoms with Crippen LogP contribution in [0.3, 0.4) is 0 Å². The van der Waals surface area contributed by atoms with Gasteiger partial charge in [-0.25, -0.2) is 14.6 Å². The monoisotopic (exact) mass is 686 g/mol. The molecule has 4 N–H and O–H groups in total. The van der Waals surface area contributed by atoms with E-state index < -0.39 is 42.3 Å². The van der Waals surface area contributed by atoms with Gasteiger partial charge in [0.2, 0.25) is 5.91 Å². The van der Waals surface area contributed by atoms with Crippen molar-refractivity contribution in [2.75, 3.05) is 7.05 Å². The van der Waals surface area contributed by atoms with Crippen molar-refractivity contribution >= 4 is 29.4 Å². The maximum absolute atomic E-state index is 13.8. The number of aromatic nitrogens is 2. The van der Waals surface area contributed by atoms with Crippen LogP contribution < -0.4 is 16.0 Å². The Labute approximate surface area is 292 Å². The normalized spacial score (nSPS) is 13.5. The Morgan fingerprint density at radius 3 is 2.14 bits per heavy atom. The molecule has 2 heterocycles. The van der Waals surface area contributed by atoms with Crippen molar-refractivity contribution in [1.82, 2.24) is 30.8 Å². The van der Waals surface area contributed by atoms with Gasteiger partial charge < -0.3 is 30.7 Å². The topological polar surface area (TPSA) is 146 Å². The lowest BCUT2D eigenvalue weighted by molar-refractivity contribution is -0.125. The Balaban J connectivity index is 1.47. The molecule has 0 fully saturated rings. The molecule has 0 saturated heterocycles. The number of hydrogen-bond acceptors (Lipinski definition) is 8. The van der Waals surface area contributed by atoms with Crippen molar-refractivity contribution in [2.45, 2.75) is 77.4 Å². The van der Waals surface area contributed by atoms with Gasteiger partial charge in [-0.1, -0.05) is 80.6 Å². The van der Waals surface area contributed by atoms with Crippen LogP contribution in [0.4, 0.5) is 9.59 Å². The largest absolute Gasteiger partial charge is 0.445 e. The average Bonchev–Trinajstić information content (AvgIpc) is 3.50. The number of amides is 4. The van der Waals surface area contributed by atoms with E-state index in [1.54, 1.807) is 25.5 Å². The van der Waals surface area contributed by atoms with E-state index in [0.29, 0.717) is 19.4 Å². The summed E-state index contributed by atoms with van der Waals surface area (Å²) in [5.74, 6) is -0.653. The fourth-order valence-electron chi connectivity index (χ4n) is 5.39. The zero-order chi connectivity index (χ0) is 35.2. The second-order valence-corrected chi connectivity index (χ2v) is 13.5. The van der Waals surface area contributed by atoms with Gasteiger partial charge in [-0.05, 0) is 49.3 Å². The first-order chi connectivity index (χ1) is 23.6. The highest BCUT2D eigenvalue weighted by atomic mass is 32.1. The molecule has 1 unspecified atom stereocenters. The number of urea groups is 1. The number of benzene rings is 2. The van der Waals surface area contributed by atoms with Gasteiger partial charge in [0.15, 0.2) is 0 Å². The first-order valence-electron chi connectivity index (χ1n) is 16.4. The number of nitrogens with zero attached hydrogens (tertiary/aromatic N) is 3. The lowest BCUT2D eigenvalue weighted by Gasteiger charge is -2.31. The highest BCUT2D eigenvalue weighted by Gasteiger charge is 2.31. The van der Waals surface area contributed by atoms with Crippen molar-refractivity contribution in [3.63, 3.8) is 0 Å². The van der Waals surface area contributed by atoms with E-state index in [2.05, 4.69) is 25.9 Å². The molecule has 260 valence electrons. The zero-order valence-electron chi connectivity index (χ0n) is 28.4. The van der Waals surface area contributed by atoms with Crippen LogP contribution in [0.2, 0.25) is 0 Å². The minimum atomic E-state index is -1.06. The predicted octanol–water partition coefficient (Wildman–Crippen LogP) is 5.03. The molecule has 12 heteroatoms. The summed E-state index contributed by atoms with van der Waals surface area (Å²) in [7, 11) is 1.66. The maximum Gasteiger partial charge on any atom is 0.407 e. The van der Waals surface area contributed by atoms with Crippen LogP contribution in [0.1, 0.15) is 47.7 Å². The van der Waals surface area contributed by atoms with Crippen molar-refractivity contribution in [2.24, 2.45) is 5.92 Å². The number of thiazole rings is 1. The third-order valence-corrected chi connectivity index (χ3v) is 8.82. The standard InChI is InChI=1S/C37H46N6O5S/c1-25(2)34(42-36(46)43(4)22-31-24-49-26(3)39-31)35(45)41-32(19-28-14-9-6-10-15-28)33(44)20-30(18-27-12-7-5-8-13-27)40-37(47)48-23-29-16-11-17-38-21-29/h5-17,21,24-25,30,32-34,44H,18-20,22-23H2,1-4H3,(H,40,47)(H,41,45)(H,42,46)/t30-,32-,33-,34?/m0/s1. The van der Waals surface area contributed by atoms with E-state index >= 15 is 0 Å². The average molecular weight is 687 g/mol. The Kier molecular flexibility index (Phi) is 14.1. The van der Waals surface area contributed by atoms with Gasteiger partial charge in [-0.2, -0.15) is 0 Å². The fraction of sp³-hybridized carbons (Fsp3) is 0.378. The SMILES string of the molecule is Cc1nc(CN(C)C(=O)NC(C(=O)N[C@@H](Cc2ccccc2)[C@@H](O)C[C@H](Cc2ccccc2)NC(=O)OCc2cccnc2)C(C)C)cs1. The van der Waals surface area contributed by atoms with Gasteiger partial charge in [0.25, 0.3) is 0 Å². The number of pyridine rings is 1. The quantitative estimate of drug-likeness (QED) is 0.129. The number of aliphatic hydroxyl groups excluding tert-OH is 1. The van der Waals surface area contributed by atoms with Crippen LogP contribution >= 0.6 is 11.3 Å². The molecule has 0 bridgehead atoms. The van der Waals surface area contributed by atoms with Crippen LogP contribution in [0.5, 0.6) is 0 Å². The highest BCUT2D eigenvalue weighted by Crippen LogP contribution is 2.16. The number of rotatable bonds is 16. The third-order valence-electron chi connectivity index (χ3n) is 8.00. The van der Waals surface area contributed by atoms with Crippen LogP contribution in [0, 0.1) is 12.8 Å². The second kappa shape index (κ2) is 18.7. The van der Waals surface area contributed by atoms with Crippen LogP contribution in [0.15, 0.2) is 90.6 Å². The molecule has 49 heavy (non-hydrogen) atoms. The van der Waals surface area contributed by atoms with Gasteiger partial charge in [0.1, 0.15) is 12.6 Å². The summed E-state index contributed by atoms with van der Waals surface area (Å²) in [5.41, 5.74) is 3.41. The Morgan fingerprint density at radius 2 is 1.55 bits per heavy atom. The molecular formula is C37H46N6O5S. The minimum absolute atomic E-state index is 0.0495. The lowest BCUT2D eigenvalue weighted by atomic mass is 9.93. The molecule has 2 aromatic heterocycles. The fourth-order valence-corrected chi connectivity index (χ4v) is 5.99. The van der Waals surface area contributed by atoms with Crippen molar-refractivity contribution in [3.8, 4) is 0 Å². The number of carbonyl (C=O) groups is 3. The molecule has 4 amide bonds. The maximum atomic E-state index is 13.8. The minimum Gasteiger partial charge on any atom is -0.445 e. The van der Waals surface area contributed by atoms with E-state index in [4.69, 9.17) is 4.74 Å². The molecule has 0 aliphatic heterocycles. The molecule has 0 saturated carbocycles. The number of carbonyl (C=O) groups excluding carboxylic acids is 3. The van der Waals surface area contributed by atoms with Gasteiger partial charge in [-0.3, -0.25) is 9.78 Å². The number of hydrogen-bond donors (Lipinski definition) is 4. The second-order valence-electron chi connectivity index (χ2n) is 12.5. The van der Waals surface area contributed by atoms with Crippen molar-refractivity contribution in [1.29, 1.82) is 0 Å². The molecule has 4 rings (SSSR count). The molecular weight excluding hydrogens is 641 g/mol.